The molecule has 7 nitrogen and oxygen atoms in total. The standard InChI is InChI=1S/C5H10NO6P/c1-4(7)6(9)3-2-5(8)13(10,11)12/h9H,2-3H2,1H3,(H2,10,11,12). The maximum Gasteiger partial charge on any atom is 0.391 e. The van der Waals surface area contributed by atoms with Gasteiger partial charge >= 0.3 is 7.60 Å². The van der Waals surface area contributed by atoms with Gasteiger partial charge in [0.2, 0.25) is 11.4 Å². The van der Waals surface area contributed by atoms with Crippen LogP contribution in [0.15, 0.2) is 0 Å². The van der Waals surface area contributed by atoms with Crippen LogP contribution in [0.5, 0.6) is 0 Å². The van der Waals surface area contributed by atoms with Crippen molar-refractivity contribution in [2.45, 2.75) is 13.3 Å². The van der Waals surface area contributed by atoms with E-state index in [-0.39, 0.29) is 5.06 Å². The van der Waals surface area contributed by atoms with Gasteiger partial charge in [-0.25, -0.2) is 5.06 Å². The van der Waals surface area contributed by atoms with Crippen LogP contribution in [-0.2, 0) is 14.2 Å². The fraction of sp³-hybridized carbons (Fsp3) is 0.600. The fourth-order valence-corrected chi connectivity index (χ4v) is 0.896. The first-order valence-electron chi connectivity index (χ1n) is 3.31. The van der Waals surface area contributed by atoms with Crippen molar-refractivity contribution in [2.24, 2.45) is 0 Å². The molecule has 0 aliphatic carbocycles. The van der Waals surface area contributed by atoms with Gasteiger partial charge in [-0.1, -0.05) is 0 Å². The molecule has 76 valence electrons. The van der Waals surface area contributed by atoms with Gasteiger partial charge in [-0.3, -0.25) is 19.4 Å². The fourth-order valence-electron chi connectivity index (χ4n) is 0.505. The van der Waals surface area contributed by atoms with Crippen LogP contribution in [0.1, 0.15) is 13.3 Å². The Morgan fingerprint density at radius 1 is 1.38 bits per heavy atom. The summed E-state index contributed by atoms with van der Waals surface area (Å²) in [5.74, 6) is -0.696. The molecule has 0 unspecified atom stereocenters. The number of hydrogen-bond acceptors (Lipinski definition) is 4. The van der Waals surface area contributed by atoms with Crippen LogP contribution in [-0.4, -0.2) is 38.0 Å². The molecular formula is C5H10NO6P. The van der Waals surface area contributed by atoms with Crippen LogP contribution in [0.4, 0.5) is 0 Å². The van der Waals surface area contributed by atoms with Crippen molar-refractivity contribution in [1.29, 1.82) is 0 Å². The van der Waals surface area contributed by atoms with Crippen LogP contribution < -0.4 is 0 Å². The highest BCUT2D eigenvalue weighted by Gasteiger charge is 2.25. The normalized spacial score (nSPS) is 11.1. The summed E-state index contributed by atoms with van der Waals surface area (Å²) in [6.45, 7) is 0.640. The zero-order valence-corrected chi connectivity index (χ0v) is 7.77. The molecule has 0 aliphatic rings. The second kappa shape index (κ2) is 4.48. The summed E-state index contributed by atoms with van der Waals surface area (Å²) in [6.07, 6.45) is -0.569. The molecule has 8 heteroatoms. The van der Waals surface area contributed by atoms with Crippen LogP contribution in [0.25, 0.3) is 0 Å². The molecule has 0 aliphatic heterocycles. The largest absolute Gasteiger partial charge is 0.391 e. The molecule has 0 saturated carbocycles. The molecule has 0 radical (unpaired) electrons. The van der Waals surface area contributed by atoms with Crippen LogP contribution >= 0.6 is 7.60 Å². The number of carbonyl (C=O) groups excluding carboxylic acids is 2. The second-order valence-electron chi connectivity index (χ2n) is 2.33. The lowest BCUT2D eigenvalue weighted by Gasteiger charge is -2.11. The second-order valence-corrected chi connectivity index (χ2v) is 3.92. The first kappa shape index (κ1) is 12.2. The van der Waals surface area contributed by atoms with E-state index in [0.717, 1.165) is 6.92 Å². The monoisotopic (exact) mass is 211 g/mol. The van der Waals surface area contributed by atoms with E-state index in [1.165, 1.54) is 0 Å². The molecule has 13 heavy (non-hydrogen) atoms. The molecule has 1 amide bonds. The van der Waals surface area contributed by atoms with Gasteiger partial charge in [-0.2, -0.15) is 0 Å². The lowest BCUT2D eigenvalue weighted by Crippen LogP contribution is -2.27. The third-order valence-corrected chi connectivity index (χ3v) is 2.10. The molecule has 0 rings (SSSR count). The summed E-state index contributed by atoms with van der Waals surface area (Å²) in [7, 11) is -4.73. The van der Waals surface area contributed by atoms with E-state index in [1.807, 2.05) is 0 Å². The molecule has 0 saturated heterocycles. The number of rotatable bonds is 4. The third-order valence-electron chi connectivity index (χ3n) is 1.23. The predicted molar refractivity (Wildman–Crippen MR) is 40.8 cm³/mol. The summed E-state index contributed by atoms with van der Waals surface area (Å²) in [5, 5.41) is 8.94. The van der Waals surface area contributed by atoms with Gasteiger partial charge in [0.15, 0.2) is 0 Å². The maximum absolute atomic E-state index is 10.6. The van der Waals surface area contributed by atoms with Gasteiger partial charge < -0.3 is 9.79 Å². The van der Waals surface area contributed by atoms with Crippen LogP contribution in [0, 0.1) is 0 Å². The average molecular weight is 211 g/mol. The third kappa shape index (κ3) is 4.74. The Balaban J connectivity index is 3.98. The SMILES string of the molecule is CC(=O)N(O)CCC(=O)P(=O)(O)O. The van der Waals surface area contributed by atoms with Crippen LogP contribution in [0.3, 0.4) is 0 Å². The zero-order valence-electron chi connectivity index (χ0n) is 6.88. The van der Waals surface area contributed by atoms with Crippen molar-refractivity contribution in [3.63, 3.8) is 0 Å². The van der Waals surface area contributed by atoms with Crippen LogP contribution in [0.2, 0.25) is 0 Å². The Labute approximate surface area is 74.1 Å². The van der Waals surface area contributed by atoms with Gasteiger partial charge in [0.25, 0.3) is 0 Å². The van der Waals surface area contributed by atoms with Gasteiger partial charge in [0.1, 0.15) is 0 Å². The molecule has 0 aromatic rings. The van der Waals surface area contributed by atoms with Crippen molar-refractivity contribution in [1.82, 2.24) is 5.06 Å². The molecule has 0 spiro atoms. The molecule has 3 N–H and O–H groups in total. The highest BCUT2D eigenvalue weighted by molar-refractivity contribution is 7.70. The Bertz CT molecular complexity index is 258. The van der Waals surface area contributed by atoms with Crippen molar-refractivity contribution in [3.8, 4) is 0 Å². The summed E-state index contributed by atoms with van der Waals surface area (Å²) in [4.78, 5) is 37.6. The molecule has 0 bridgehead atoms. The van der Waals surface area contributed by atoms with E-state index < -0.39 is 32.0 Å². The van der Waals surface area contributed by atoms with Gasteiger partial charge in [-0.05, 0) is 0 Å². The minimum atomic E-state index is -4.73. The number of amides is 1. The number of nitrogens with zero attached hydrogens (tertiary/aromatic N) is 1. The summed E-state index contributed by atoms with van der Waals surface area (Å²) in [6, 6.07) is 0. The number of carbonyl (C=O) groups is 2. The highest BCUT2D eigenvalue weighted by Crippen LogP contribution is 2.36. The zero-order chi connectivity index (χ0) is 10.6. The lowest BCUT2D eigenvalue weighted by atomic mass is 10.4. The van der Waals surface area contributed by atoms with Crippen molar-refractivity contribution >= 4 is 19.0 Å². The number of hydroxylamine groups is 2. The van der Waals surface area contributed by atoms with Gasteiger partial charge in [0.05, 0.1) is 6.54 Å². The first-order chi connectivity index (χ1) is 5.75. The van der Waals surface area contributed by atoms with E-state index in [0.29, 0.717) is 0 Å². The molecule has 0 heterocycles. The van der Waals surface area contributed by atoms with Crippen molar-refractivity contribution in [3.05, 3.63) is 0 Å². The van der Waals surface area contributed by atoms with E-state index >= 15 is 0 Å². The molecule has 0 atom stereocenters. The predicted octanol–water partition coefficient (Wildman–Crippen LogP) is -0.682. The first-order valence-corrected chi connectivity index (χ1v) is 4.92. The molecule has 0 aromatic carbocycles. The Hall–Kier alpha value is -0.750. The minimum absolute atomic E-state index is 0.216. The molecule has 0 fully saturated rings. The average Bonchev–Trinajstić information content (AvgIpc) is 1.97. The van der Waals surface area contributed by atoms with E-state index in [9.17, 15) is 14.2 Å². The Kier molecular flexibility index (Phi) is 4.22. The maximum atomic E-state index is 10.6. The van der Waals surface area contributed by atoms with Gasteiger partial charge in [0, 0.05) is 13.3 Å². The van der Waals surface area contributed by atoms with E-state index in [1.54, 1.807) is 0 Å². The summed E-state index contributed by atoms with van der Waals surface area (Å²) in [5.41, 5.74) is -1.30. The highest BCUT2D eigenvalue weighted by atomic mass is 31.2. The smallest absolute Gasteiger partial charge is 0.319 e. The molecular weight excluding hydrogens is 201 g/mol. The Morgan fingerprint density at radius 2 is 1.85 bits per heavy atom. The molecule has 0 aromatic heterocycles. The summed E-state index contributed by atoms with van der Waals surface area (Å²) < 4.78 is 10.3. The van der Waals surface area contributed by atoms with E-state index in [2.05, 4.69) is 0 Å². The summed E-state index contributed by atoms with van der Waals surface area (Å²) >= 11 is 0. The lowest BCUT2D eigenvalue weighted by molar-refractivity contribution is -0.163. The van der Waals surface area contributed by atoms with Gasteiger partial charge in [-0.15, -0.1) is 0 Å². The van der Waals surface area contributed by atoms with E-state index in [4.69, 9.17) is 15.0 Å². The van der Waals surface area contributed by atoms with Crippen molar-refractivity contribution in [2.75, 3.05) is 6.54 Å². The Morgan fingerprint density at radius 3 is 2.15 bits per heavy atom. The van der Waals surface area contributed by atoms with Crippen molar-refractivity contribution < 1.29 is 29.1 Å². The quantitative estimate of drug-likeness (QED) is 0.322. The topological polar surface area (TPSA) is 115 Å². The number of hydrogen-bond donors (Lipinski definition) is 3. The minimum Gasteiger partial charge on any atom is -0.319 e.